The Labute approximate surface area is 107 Å². The van der Waals surface area contributed by atoms with Crippen molar-refractivity contribution < 1.29 is 69.1 Å². The van der Waals surface area contributed by atoms with Gasteiger partial charge in [-0.05, 0) is 18.8 Å². The van der Waals surface area contributed by atoms with Crippen LogP contribution in [-0.4, -0.2) is 20.1 Å². The van der Waals surface area contributed by atoms with Crippen LogP contribution in [0.15, 0.2) is 0 Å². The molecule has 0 radical (unpaired) electrons. The minimum absolute atomic E-state index is 0. The van der Waals surface area contributed by atoms with Crippen molar-refractivity contribution in [3.05, 3.63) is 0 Å². The van der Waals surface area contributed by atoms with E-state index in [0.717, 1.165) is 12.8 Å². The van der Waals surface area contributed by atoms with Gasteiger partial charge in [-0.3, -0.25) is 0 Å². The molecule has 0 amide bonds. The van der Waals surface area contributed by atoms with E-state index in [1.54, 1.807) is 0 Å². The maximum absolute atomic E-state index is 11.5. The molecule has 0 N–H and O–H groups in total. The molecule has 0 heterocycles. The van der Waals surface area contributed by atoms with E-state index in [2.05, 4.69) is 4.74 Å². The Balaban J connectivity index is 0.000001000. The zero-order valence-electron chi connectivity index (χ0n) is 6.53. The quantitative estimate of drug-likeness (QED) is 0.508. The van der Waals surface area contributed by atoms with Crippen molar-refractivity contribution in [2.75, 3.05) is 13.1 Å². The first-order valence-electron chi connectivity index (χ1n) is 3.36. The van der Waals surface area contributed by atoms with Crippen molar-refractivity contribution in [1.82, 2.24) is 0 Å². The molecule has 1 aliphatic carbocycles. The van der Waals surface area contributed by atoms with Gasteiger partial charge in [0.1, 0.15) is 0 Å². The van der Waals surface area contributed by atoms with Gasteiger partial charge in [0.2, 0.25) is 0 Å². The van der Waals surface area contributed by atoms with Crippen LogP contribution < -0.4 is 51.4 Å². The summed E-state index contributed by atoms with van der Waals surface area (Å²) in [5.74, 6) is 0.415. The molecular formula is C5H9BF3KO. The molecule has 11 heavy (non-hydrogen) atoms. The van der Waals surface area contributed by atoms with E-state index in [-0.39, 0.29) is 51.4 Å². The molecule has 1 saturated carbocycles. The van der Waals surface area contributed by atoms with Crippen LogP contribution in [0.1, 0.15) is 12.8 Å². The van der Waals surface area contributed by atoms with Gasteiger partial charge in [-0.1, -0.05) is 0 Å². The van der Waals surface area contributed by atoms with E-state index in [1.807, 2.05) is 0 Å². The second-order valence-corrected chi connectivity index (χ2v) is 2.69. The van der Waals surface area contributed by atoms with Crippen LogP contribution in [0.5, 0.6) is 0 Å². The summed E-state index contributed by atoms with van der Waals surface area (Å²) < 4.78 is 38.8. The van der Waals surface area contributed by atoms with Gasteiger partial charge < -0.3 is 17.7 Å². The zero-order chi connectivity index (χ0) is 7.61. The van der Waals surface area contributed by atoms with Crippen molar-refractivity contribution in [1.29, 1.82) is 0 Å². The summed E-state index contributed by atoms with van der Waals surface area (Å²) in [5.41, 5.74) is 0. The summed E-state index contributed by atoms with van der Waals surface area (Å²) in [6.07, 6.45) is 2.07. The van der Waals surface area contributed by atoms with Gasteiger partial charge >= 0.3 is 58.4 Å². The minimum atomic E-state index is -4.73. The summed E-state index contributed by atoms with van der Waals surface area (Å²) in [7, 11) is 0. The first-order valence-corrected chi connectivity index (χ1v) is 3.36. The van der Waals surface area contributed by atoms with Crippen LogP contribution >= 0.6 is 0 Å². The molecule has 0 aromatic carbocycles. The largest absolute Gasteiger partial charge is 1.00 e. The average Bonchev–Trinajstić information content (AvgIpc) is 2.45. The summed E-state index contributed by atoms with van der Waals surface area (Å²) in [6, 6.07) is 0. The fourth-order valence-corrected chi connectivity index (χ4v) is 0.653. The maximum atomic E-state index is 11.5. The average molecular weight is 192 g/mol. The number of ether oxygens (including phenoxy) is 1. The Morgan fingerprint density at radius 3 is 2.18 bits per heavy atom. The summed E-state index contributed by atoms with van der Waals surface area (Å²) >= 11 is 0. The summed E-state index contributed by atoms with van der Waals surface area (Å²) in [6.45, 7) is -5.46. The van der Waals surface area contributed by atoms with E-state index in [9.17, 15) is 12.9 Å². The van der Waals surface area contributed by atoms with Crippen LogP contribution in [0.4, 0.5) is 12.9 Å². The van der Waals surface area contributed by atoms with Crippen LogP contribution in [0.3, 0.4) is 0 Å². The molecule has 0 aliphatic heterocycles. The number of hydrogen-bond acceptors (Lipinski definition) is 1. The van der Waals surface area contributed by atoms with Gasteiger partial charge in [0, 0.05) is 13.1 Å². The molecule has 1 fully saturated rings. The number of halogens is 3. The van der Waals surface area contributed by atoms with Gasteiger partial charge in [0.05, 0.1) is 0 Å². The van der Waals surface area contributed by atoms with Gasteiger partial charge in [0.25, 0.3) is 0 Å². The summed E-state index contributed by atoms with van der Waals surface area (Å²) in [4.78, 5) is 0. The molecule has 0 unspecified atom stereocenters. The molecule has 0 aromatic heterocycles. The smallest absolute Gasteiger partial charge is 0.447 e. The van der Waals surface area contributed by atoms with Gasteiger partial charge in [-0.15, -0.1) is 0 Å². The molecule has 6 heteroatoms. The van der Waals surface area contributed by atoms with Crippen molar-refractivity contribution in [2.24, 2.45) is 5.92 Å². The Kier molecular flexibility index (Phi) is 5.93. The van der Waals surface area contributed by atoms with Gasteiger partial charge in [0.15, 0.2) is 0 Å². The summed E-state index contributed by atoms with van der Waals surface area (Å²) in [5, 5.41) is 0. The second-order valence-electron chi connectivity index (χ2n) is 2.69. The van der Waals surface area contributed by atoms with E-state index in [1.165, 1.54) is 0 Å². The first kappa shape index (κ1) is 12.5. The van der Waals surface area contributed by atoms with Crippen LogP contribution in [0.25, 0.3) is 0 Å². The Hall–Kier alpha value is 1.45. The molecule has 1 rings (SSSR count). The Morgan fingerprint density at radius 1 is 1.27 bits per heavy atom. The maximum Gasteiger partial charge on any atom is 1.00 e. The van der Waals surface area contributed by atoms with Crippen LogP contribution in [-0.2, 0) is 4.74 Å². The van der Waals surface area contributed by atoms with Gasteiger partial charge in [-0.25, -0.2) is 0 Å². The van der Waals surface area contributed by atoms with Crippen LogP contribution in [0, 0.1) is 5.92 Å². The normalized spacial score (nSPS) is 17.7. The topological polar surface area (TPSA) is 9.23 Å². The molecular weight excluding hydrogens is 183 g/mol. The van der Waals surface area contributed by atoms with E-state index in [4.69, 9.17) is 0 Å². The Morgan fingerprint density at radius 2 is 1.82 bits per heavy atom. The second kappa shape index (κ2) is 5.24. The molecule has 1 nitrogen and oxygen atoms in total. The molecule has 0 spiro atoms. The van der Waals surface area contributed by atoms with Crippen molar-refractivity contribution in [3.8, 4) is 0 Å². The zero-order valence-corrected chi connectivity index (χ0v) is 9.65. The minimum Gasteiger partial charge on any atom is -0.447 e. The van der Waals surface area contributed by atoms with Crippen LogP contribution in [0.2, 0.25) is 0 Å². The van der Waals surface area contributed by atoms with E-state index in [0.29, 0.717) is 12.5 Å². The third-order valence-electron chi connectivity index (χ3n) is 1.36. The van der Waals surface area contributed by atoms with Crippen molar-refractivity contribution >= 4 is 6.98 Å². The van der Waals surface area contributed by atoms with E-state index >= 15 is 0 Å². The SMILES string of the molecule is F[B-](F)(F)COCC1CC1.[K+]. The first-order chi connectivity index (χ1) is 4.58. The third kappa shape index (κ3) is 7.80. The monoisotopic (exact) mass is 192 g/mol. The van der Waals surface area contributed by atoms with Crippen molar-refractivity contribution in [2.45, 2.75) is 12.8 Å². The standard InChI is InChI=1S/C5H9BF3O.K/c7-6(8,9)4-10-3-5-1-2-5;/h5H,1-4H2;/q-1;+1. The Bertz CT molecular complexity index is 115. The molecule has 0 atom stereocenters. The molecule has 0 bridgehead atoms. The van der Waals surface area contributed by atoms with Crippen molar-refractivity contribution in [3.63, 3.8) is 0 Å². The number of hydrogen-bond donors (Lipinski definition) is 0. The van der Waals surface area contributed by atoms with E-state index < -0.39 is 13.5 Å². The molecule has 0 aromatic rings. The fourth-order valence-electron chi connectivity index (χ4n) is 0.653. The third-order valence-corrected chi connectivity index (χ3v) is 1.36. The molecule has 60 valence electrons. The predicted molar refractivity (Wildman–Crippen MR) is 32.6 cm³/mol. The van der Waals surface area contributed by atoms with Gasteiger partial charge in [-0.2, -0.15) is 0 Å². The predicted octanol–water partition coefficient (Wildman–Crippen LogP) is -1.20. The number of rotatable bonds is 4. The molecule has 0 saturated heterocycles. The molecule has 1 aliphatic rings. The fraction of sp³-hybridized carbons (Fsp3) is 1.00.